The first-order valence-electron chi connectivity index (χ1n) is 7.35. The molecule has 1 unspecified atom stereocenters. The van der Waals surface area contributed by atoms with Crippen molar-refractivity contribution in [2.24, 2.45) is 0 Å². The topological polar surface area (TPSA) is 28.2 Å². The van der Waals surface area contributed by atoms with Crippen LogP contribution < -0.4 is 10.2 Å². The highest BCUT2D eigenvalue weighted by Crippen LogP contribution is 2.36. The highest BCUT2D eigenvalue weighted by molar-refractivity contribution is 5.69. The predicted octanol–water partition coefficient (Wildman–Crippen LogP) is 3.45. The normalized spacial score (nSPS) is 15.2. The number of pyridine rings is 1. The fourth-order valence-corrected chi connectivity index (χ4v) is 2.95. The molecule has 2 aromatic rings. The summed E-state index contributed by atoms with van der Waals surface area (Å²) < 4.78 is 0. The van der Waals surface area contributed by atoms with Crippen LogP contribution >= 0.6 is 0 Å². The first-order chi connectivity index (χ1) is 9.81. The zero-order valence-electron chi connectivity index (χ0n) is 12.1. The molecule has 1 aromatic carbocycles. The van der Waals surface area contributed by atoms with Crippen LogP contribution in [0.1, 0.15) is 31.0 Å². The summed E-state index contributed by atoms with van der Waals surface area (Å²) in [6, 6.07) is 13.1. The Morgan fingerprint density at radius 1 is 1.25 bits per heavy atom. The minimum Gasteiger partial charge on any atom is -0.326 e. The van der Waals surface area contributed by atoms with E-state index in [4.69, 9.17) is 0 Å². The summed E-state index contributed by atoms with van der Waals surface area (Å²) in [6.07, 6.45) is 2.99. The van der Waals surface area contributed by atoms with Crippen molar-refractivity contribution in [3.05, 3.63) is 53.7 Å². The summed E-state index contributed by atoms with van der Waals surface area (Å²) in [7, 11) is 0. The minimum absolute atomic E-state index is 0.316. The van der Waals surface area contributed by atoms with Gasteiger partial charge in [-0.05, 0) is 37.6 Å². The third-order valence-electron chi connectivity index (χ3n) is 3.94. The van der Waals surface area contributed by atoms with Crippen molar-refractivity contribution in [3.63, 3.8) is 0 Å². The average molecular weight is 267 g/mol. The Labute approximate surface area is 120 Å². The monoisotopic (exact) mass is 267 g/mol. The first kappa shape index (κ1) is 13.1. The lowest BCUT2D eigenvalue weighted by Crippen LogP contribution is -2.23. The van der Waals surface area contributed by atoms with E-state index >= 15 is 0 Å². The lowest BCUT2D eigenvalue weighted by atomic mass is 10.1. The van der Waals surface area contributed by atoms with E-state index < -0.39 is 0 Å². The first-order valence-corrected chi connectivity index (χ1v) is 7.35. The van der Waals surface area contributed by atoms with Gasteiger partial charge >= 0.3 is 0 Å². The maximum Gasteiger partial charge on any atom is 0.137 e. The SMILES string of the molecule is CCNC(C)c1cccnc1N1CCc2ccccc21. The number of rotatable bonds is 4. The van der Waals surface area contributed by atoms with Gasteiger partial charge in [-0.2, -0.15) is 0 Å². The molecule has 1 atom stereocenters. The number of para-hydroxylation sites is 1. The molecule has 2 heterocycles. The summed E-state index contributed by atoms with van der Waals surface area (Å²) in [5.41, 5.74) is 3.99. The van der Waals surface area contributed by atoms with E-state index in [0.29, 0.717) is 6.04 Å². The fraction of sp³-hybridized carbons (Fsp3) is 0.353. The molecule has 0 fully saturated rings. The van der Waals surface area contributed by atoms with E-state index in [1.165, 1.54) is 16.8 Å². The molecule has 3 nitrogen and oxygen atoms in total. The third kappa shape index (κ3) is 2.29. The second-order valence-electron chi connectivity index (χ2n) is 5.23. The van der Waals surface area contributed by atoms with Crippen molar-refractivity contribution in [3.8, 4) is 0 Å². The van der Waals surface area contributed by atoms with E-state index in [2.05, 4.69) is 59.4 Å². The highest BCUT2D eigenvalue weighted by Gasteiger charge is 2.24. The maximum absolute atomic E-state index is 4.65. The molecule has 0 amide bonds. The lowest BCUT2D eigenvalue weighted by Gasteiger charge is -2.24. The Balaban J connectivity index is 2.00. The Hall–Kier alpha value is -1.87. The van der Waals surface area contributed by atoms with Gasteiger partial charge in [0.2, 0.25) is 0 Å². The molecule has 3 rings (SSSR count). The van der Waals surface area contributed by atoms with Crippen molar-refractivity contribution < 1.29 is 0 Å². The summed E-state index contributed by atoms with van der Waals surface area (Å²) in [4.78, 5) is 6.99. The van der Waals surface area contributed by atoms with E-state index in [1.807, 2.05) is 12.3 Å². The molecule has 0 saturated heterocycles. The van der Waals surface area contributed by atoms with Gasteiger partial charge in [-0.15, -0.1) is 0 Å². The van der Waals surface area contributed by atoms with Crippen LogP contribution in [0.3, 0.4) is 0 Å². The molecule has 104 valence electrons. The van der Waals surface area contributed by atoms with Crippen LogP contribution in [0.4, 0.5) is 11.5 Å². The minimum atomic E-state index is 0.316. The van der Waals surface area contributed by atoms with Crippen LogP contribution in [0.2, 0.25) is 0 Å². The summed E-state index contributed by atoms with van der Waals surface area (Å²) in [5.74, 6) is 1.09. The van der Waals surface area contributed by atoms with E-state index in [0.717, 1.165) is 25.3 Å². The molecule has 0 aliphatic carbocycles. The van der Waals surface area contributed by atoms with Crippen molar-refractivity contribution in [1.29, 1.82) is 0 Å². The largest absolute Gasteiger partial charge is 0.326 e. The van der Waals surface area contributed by atoms with Gasteiger partial charge in [0.05, 0.1) is 0 Å². The molecule has 3 heteroatoms. The summed E-state index contributed by atoms with van der Waals surface area (Å²) >= 11 is 0. The number of nitrogens with zero attached hydrogens (tertiary/aromatic N) is 2. The van der Waals surface area contributed by atoms with Crippen LogP contribution in [0.5, 0.6) is 0 Å². The smallest absolute Gasteiger partial charge is 0.137 e. The number of hydrogen-bond acceptors (Lipinski definition) is 3. The predicted molar refractivity (Wildman–Crippen MR) is 83.5 cm³/mol. The standard InChI is InChI=1S/C17H21N3/c1-3-18-13(2)15-8-6-11-19-17(15)20-12-10-14-7-4-5-9-16(14)20/h4-9,11,13,18H,3,10,12H2,1-2H3. The lowest BCUT2D eigenvalue weighted by molar-refractivity contribution is 0.596. The van der Waals surface area contributed by atoms with Crippen molar-refractivity contribution in [1.82, 2.24) is 10.3 Å². The molecule has 1 aliphatic rings. The number of nitrogens with one attached hydrogen (secondary N) is 1. The Kier molecular flexibility index (Phi) is 3.70. The molecule has 1 aliphatic heterocycles. The quantitative estimate of drug-likeness (QED) is 0.919. The molecule has 1 aromatic heterocycles. The van der Waals surface area contributed by atoms with Crippen molar-refractivity contribution in [2.75, 3.05) is 18.0 Å². The maximum atomic E-state index is 4.65. The van der Waals surface area contributed by atoms with Crippen LogP contribution in [0, 0.1) is 0 Å². The molecule has 0 spiro atoms. The van der Waals surface area contributed by atoms with Gasteiger partial charge in [0.25, 0.3) is 0 Å². The van der Waals surface area contributed by atoms with Crippen LogP contribution in [-0.2, 0) is 6.42 Å². The molecular formula is C17H21N3. The molecule has 0 radical (unpaired) electrons. The van der Waals surface area contributed by atoms with Gasteiger partial charge < -0.3 is 10.2 Å². The number of aromatic nitrogens is 1. The Morgan fingerprint density at radius 2 is 2.10 bits per heavy atom. The zero-order chi connectivity index (χ0) is 13.9. The average Bonchev–Trinajstić information content (AvgIpc) is 2.91. The summed E-state index contributed by atoms with van der Waals surface area (Å²) in [5, 5.41) is 3.48. The van der Waals surface area contributed by atoms with Gasteiger partial charge in [0, 0.05) is 30.0 Å². The summed E-state index contributed by atoms with van der Waals surface area (Å²) in [6.45, 7) is 6.32. The number of benzene rings is 1. The molecule has 0 bridgehead atoms. The van der Waals surface area contributed by atoms with Crippen LogP contribution in [0.15, 0.2) is 42.6 Å². The molecule has 0 saturated carbocycles. The second kappa shape index (κ2) is 5.63. The number of fused-ring (bicyclic) bond motifs is 1. The van der Waals surface area contributed by atoms with Gasteiger partial charge in [-0.25, -0.2) is 4.98 Å². The van der Waals surface area contributed by atoms with E-state index in [-0.39, 0.29) is 0 Å². The van der Waals surface area contributed by atoms with E-state index in [9.17, 15) is 0 Å². The van der Waals surface area contributed by atoms with Gasteiger partial charge in [-0.1, -0.05) is 31.2 Å². The van der Waals surface area contributed by atoms with E-state index in [1.54, 1.807) is 0 Å². The molecule has 20 heavy (non-hydrogen) atoms. The second-order valence-corrected chi connectivity index (χ2v) is 5.23. The fourth-order valence-electron chi connectivity index (χ4n) is 2.95. The van der Waals surface area contributed by atoms with Crippen molar-refractivity contribution in [2.45, 2.75) is 26.3 Å². The number of hydrogen-bond donors (Lipinski definition) is 1. The highest BCUT2D eigenvalue weighted by atomic mass is 15.2. The Morgan fingerprint density at radius 3 is 2.95 bits per heavy atom. The third-order valence-corrected chi connectivity index (χ3v) is 3.94. The number of anilines is 2. The zero-order valence-corrected chi connectivity index (χ0v) is 12.1. The van der Waals surface area contributed by atoms with Crippen LogP contribution in [0.25, 0.3) is 0 Å². The van der Waals surface area contributed by atoms with Crippen LogP contribution in [-0.4, -0.2) is 18.1 Å². The van der Waals surface area contributed by atoms with Gasteiger partial charge in [0.1, 0.15) is 5.82 Å². The van der Waals surface area contributed by atoms with Gasteiger partial charge in [-0.3, -0.25) is 0 Å². The molecular weight excluding hydrogens is 246 g/mol. The van der Waals surface area contributed by atoms with Gasteiger partial charge in [0.15, 0.2) is 0 Å². The molecule has 1 N–H and O–H groups in total. The van der Waals surface area contributed by atoms with Crippen molar-refractivity contribution >= 4 is 11.5 Å². The Bertz CT molecular complexity index is 594.